The number of aliphatic hydroxyl groups is 1. The minimum atomic E-state index is -0.286. The maximum atomic E-state index is 12.2. The first-order valence-electron chi connectivity index (χ1n) is 9.45. The molecule has 3 rings (SSSR count). The third kappa shape index (κ3) is 4.81. The van der Waals surface area contributed by atoms with Gasteiger partial charge in [-0.05, 0) is 56.7 Å². The van der Waals surface area contributed by atoms with Crippen molar-refractivity contribution in [1.29, 1.82) is 0 Å². The van der Waals surface area contributed by atoms with Gasteiger partial charge in [0.25, 0.3) is 0 Å². The Labute approximate surface area is 145 Å². The zero-order valence-corrected chi connectivity index (χ0v) is 14.5. The number of carbonyl (C=O) groups is 1. The number of carbonyl (C=O) groups excluding carboxylic acids is 1. The Kier molecular flexibility index (Phi) is 6.27. The topological polar surface area (TPSA) is 52.6 Å². The average molecular weight is 330 g/mol. The Hall–Kier alpha value is -1.39. The third-order valence-corrected chi connectivity index (χ3v) is 5.60. The normalized spacial score (nSPS) is 26.2. The van der Waals surface area contributed by atoms with Crippen LogP contribution in [0.15, 0.2) is 30.3 Å². The summed E-state index contributed by atoms with van der Waals surface area (Å²) in [5.74, 6) is 0.825. The highest BCUT2D eigenvalue weighted by molar-refractivity contribution is 5.78. The van der Waals surface area contributed by atoms with Crippen LogP contribution in [0.25, 0.3) is 0 Å². The molecule has 1 aliphatic heterocycles. The predicted octanol–water partition coefficient (Wildman–Crippen LogP) is 2.53. The van der Waals surface area contributed by atoms with Gasteiger partial charge in [0.2, 0.25) is 5.91 Å². The summed E-state index contributed by atoms with van der Waals surface area (Å²) in [6, 6.07) is 10.8. The van der Waals surface area contributed by atoms with Crippen LogP contribution in [0.4, 0.5) is 0 Å². The lowest BCUT2D eigenvalue weighted by Gasteiger charge is -2.32. The molecule has 2 aliphatic rings. The van der Waals surface area contributed by atoms with E-state index in [1.165, 1.54) is 18.4 Å². The van der Waals surface area contributed by atoms with E-state index in [-0.39, 0.29) is 17.9 Å². The van der Waals surface area contributed by atoms with E-state index >= 15 is 0 Å². The predicted molar refractivity (Wildman–Crippen MR) is 95.8 cm³/mol. The van der Waals surface area contributed by atoms with Gasteiger partial charge in [0.1, 0.15) is 0 Å². The number of rotatable bonds is 5. The molecule has 0 spiro atoms. The Morgan fingerprint density at radius 2 is 1.88 bits per heavy atom. The van der Waals surface area contributed by atoms with E-state index in [2.05, 4.69) is 40.5 Å². The van der Waals surface area contributed by atoms with E-state index in [9.17, 15) is 9.90 Å². The molecule has 0 aromatic heterocycles. The minimum Gasteiger partial charge on any atom is -0.393 e. The van der Waals surface area contributed by atoms with Crippen LogP contribution in [-0.4, -0.2) is 48.2 Å². The van der Waals surface area contributed by atoms with E-state index < -0.39 is 0 Å². The van der Waals surface area contributed by atoms with Gasteiger partial charge in [0, 0.05) is 19.0 Å². The molecule has 2 N–H and O–H groups in total. The maximum absolute atomic E-state index is 12.2. The van der Waals surface area contributed by atoms with Crippen molar-refractivity contribution in [3.05, 3.63) is 35.9 Å². The second kappa shape index (κ2) is 8.63. The molecule has 1 saturated heterocycles. The summed E-state index contributed by atoms with van der Waals surface area (Å²) in [7, 11) is 0. The number of likely N-dealkylation sites (tertiary alicyclic amines) is 1. The molecule has 1 saturated carbocycles. The molecule has 1 amide bonds. The van der Waals surface area contributed by atoms with Gasteiger partial charge in [0.05, 0.1) is 6.10 Å². The molecule has 1 heterocycles. The minimum absolute atomic E-state index is 0.0116. The van der Waals surface area contributed by atoms with Crippen LogP contribution >= 0.6 is 0 Å². The van der Waals surface area contributed by atoms with Gasteiger partial charge in [0.15, 0.2) is 0 Å². The molecule has 1 aliphatic carbocycles. The molecule has 2 fully saturated rings. The third-order valence-electron chi connectivity index (χ3n) is 5.60. The molecule has 0 unspecified atom stereocenters. The van der Waals surface area contributed by atoms with Gasteiger partial charge in [-0.15, -0.1) is 0 Å². The van der Waals surface area contributed by atoms with Crippen molar-refractivity contribution in [2.75, 3.05) is 26.2 Å². The van der Waals surface area contributed by atoms with Crippen LogP contribution in [0.3, 0.4) is 0 Å². The molecule has 1 aromatic rings. The van der Waals surface area contributed by atoms with Gasteiger partial charge < -0.3 is 15.3 Å². The number of nitrogens with zero attached hydrogens (tertiary/aromatic N) is 1. The summed E-state index contributed by atoms with van der Waals surface area (Å²) in [5.41, 5.74) is 1.46. The number of nitrogens with one attached hydrogen (secondary N) is 1. The fourth-order valence-corrected chi connectivity index (χ4v) is 4.10. The van der Waals surface area contributed by atoms with E-state index in [1.807, 2.05) is 0 Å². The van der Waals surface area contributed by atoms with Gasteiger partial charge in [-0.25, -0.2) is 0 Å². The molecule has 132 valence electrons. The largest absolute Gasteiger partial charge is 0.393 e. The maximum Gasteiger partial charge on any atom is 0.223 e. The molecular formula is C20H30N2O2. The molecule has 24 heavy (non-hydrogen) atoms. The molecule has 1 aromatic carbocycles. The van der Waals surface area contributed by atoms with Crippen molar-refractivity contribution >= 4 is 5.91 Å². The summed E-state index contributed by atoms with van der Waals surface area (Å²) >= 11 is 0. The van der Waals surface area contributed by atoms with Crippen LogP contribution in [0.2, 0.25) is 0 Å². The summed E-state index contributed by atoms with van der Waals surface area (Å²) in [6.45, 7) is 3.87. The second-order valence-corrected chi connectivity index (χ2v) is 7.33. The molecule has 4 heteroatoms. The number of benzene rings is 1. The Bertz CT molecular complexity index is 512. The number of hydrogen-bond donors (Lipinski definition) is 2. The highest BCUT2D eigenvalue weighted by Gasteiger charge is 2.26. The zero-order valence-electron chi connectivity index (χ0n) is 14.5. The van der Waals surface area contributed by atoms with E-state index in [4.69, 9.17) is 0 Å². The lowest BCUT2D eigenvalue weighted by atomic mass is 9.87. The van der Waals surface area contributed by atoms with Gasteiger partial charge in [-0.1, -0.05) is 36.8 Å². The van der Waals surface area contributed by atoms with Crippen molar-refractivity contribution in [2.45, 2.75) is 50.5 Å². The standard InChI is InChI=1S/C20H30N2O2/c23-19-8-4-7-18(15-19)20(24)21-11-14-22-12-9-17(10-13-22)16-5-2-1-3-6-16/h1-3,5-6,17-19,23H,4,7-15H2,(H,21,24)/t18-,19-/m0/s1. The van der Waals surface area contributed by atoms with Crippen molar-refractivity contribution in [1.82, 2.24) is 10.2 Å². The molecular weight excluding hydrogens is 300 g/mol. The highest BCUT2D eigenvalue weighted by atomic mass is 16.3. The summed E-state index contributed by atoms with van der Waals surface area (Å²) in [6.07, 6.45) is 5.48. The second-order valence-electron chi connectivity index (χ2n) is 7.33. The van der Waals surface area contributed by atoms with Crippen molar-refractivity contribution in [3.8, 4) is 0 Å². The monoisotopic (exact) mass is 330 g/mol. The Morgan fingerprint density at radius 3 is 2.58 bits per heavy atom. The SMILES string of the molecule is O=C(NCCN1CCC(c2ccccc2)CC1)[C@H]1CCC[C@H](O)C1. The average Bonchev–Trinajstić information content (AvgIpc) is 2.63. The molecule has 2 atom stereocenters. The van der Waals surface area contributed by atoms with Crippen molar-refractivity contribution in [3.63, 3.8) is 0 Å². The van der Waals surface area contributed by atoms with Crippen LogP contribution in [-0.2, 0) is 4.79 Å². The van der Waals surface area contributed by atoms with Crippen molar-refractivity contribution in [2.24, 2.45) is 5.92 Å². The first kappa shape index (κ1) is 17.4. The number of aliphatic hydroxyl groups excluding tert-OH is 1. The number of piperidine rings is 1. The van der Waals surface area contributed by atoms with Crippen molar-refractivity contribution < 1.29 is 9.90 Å². The van der Waals surface area contributed by atoms with Crippen LogP contribution in [0, 0.1) is 5.92 Å². The highest BCUT2D eigenvalue weighted by Crippen LogP contribution is 2.27. The quantitative estimate of drug-likeness (QED) is 0.872. The first-order chi connectivity index (χ1) is 11.7. The van der Waals surface area contributed by atoms with Crippen LogP contribution in [0.5, 0.6) is 0 Å². The number of amides is 1. The van der Waals surface area contributed by atoms with Crippen LogP contribution < -0.4 is 5.32 Å². The molecule has 0 radical (unpaired) electrons. The molecule has 0 bridgehead atoms. The smallest absolute Gasteiger partial charge is 0.223 e. The van der Waals surface area contributed by atoms with E-state index in [1.54, 1.807) is 0 Å². The van der Waals surface area contributed by atoms with E-state index in [0.717, 1.165) is 45.4 Å². The lowest BCUT2D eigenvalue weighted by molar-refractivity contribution is -0.127. The van der Waals surface area contributed by atoms with Gasteiger partial charge in [-0.2, -0.15) is 0 Å². The number of hydrogen-bond acceptors (Lipinski definition) is 3. The lowest BCUT2D eigenvalue weighted by Crippen LogP contribution is -2.41. The van der Waals surface area contributed by atoms with E-state index in [0.29, 0.717) is 12.3 Å². The van der Waals surface area contributed by atoms with Crippen LogP contribution in [0.1, 0.15) is 50.0 Å². The fourth-order valence-electron chi connectivity index (χ4n) is 4.10. The molecule has 4 nitrogen and oxygen atoms in total. The van der Waals surface area contributed by atoms with Gasteiger partial charge in [-0.3, -0.25) is 4.79 Å². The first-order valence-corrected chi connectivity index (χ1v) is 9.45. The Morgan fingerprint density at radius 1 is 1.12 bits per heavy atom. The zero-order chi connectivity index (χ0) is 16.8. The summed E-state index contributed by atoms with van der Waals surface area (Å²) in [4.78, 5) is 14.6. The summed E-state index contributed by atoms with van der Waals surface area (Å²) in [5, 5.41) is 12.8. The summed E-state index contributed by atoms with van der Waals surface area (Å²) < 4.78 is 0. The van der Waals surface area contributed by atoms with Gasteiger partial charge >= 0.3 is 0 Å². The Balaban J connectivity index is 1.34. The fraction of sp³-hybridized carbons (Fsp3) is 0.650.